The standard InChI is InChI=1S/C16H22BrN3O2/c1-16(19,11-5-7-12(17)8-6-11)15(22)20-13-4-2-3-10(9-13)14(18)21/h5-8,10,13H,2-4,9,19H2,1H3,(H2,18,21)(H,20,22). The molecule has 3 atom stereocenters. The van der Waals surface area contributed by atoms with Gasteiger partial charge in [-0.05, 0) is 43.9 Å². The van der Waals surface area contributed by atoms with Crippen molar-refractivity contribution in [1.82, 2.24) is 5.32 Å². The fourth-order valence-corrected chi connectivity index (χ4v) is 3.11. The van der Waals surface area contributed by atoms with Gasteiger partial charge in [0.1, 0.15) is 5.54 Å². The lowest BCUT2D eigenvalue weighted by atomic mass is 9.84. The van der Waals surface area contributed by atoms with Gasteiger partial charge in [-0.25, -0.2) is 0 Å². The minimum Gasteiger partial charge on any atom is -0.369 e. The van der Waals surface area contributed by atoms with Crippen LogP contribution in [0.3, 0.4) is 0 Å². The Balaban J connectivity index is 2.04. The summed E-state index contributed by atoms with van der Waals surface area (Å²) in [6.07, 6.45) is 3.13. The van der Waals surface area contributed by atoms with Gasteiger partial charge in [0.15, 0.2) is 0 Å². The minimum absolute atomic E-state index is 0.0444. The summed E-state index contributed by atoms with van der Waals surface area (Å²) in [5, 5.41) is 2.97. The predicted octanol–water partition coefficient (Wildman–Crippen LogP) is 1.78. The van der Waals surface area contributed by atoms with E-state index in [1.807, 2.05) is 24.3 Å². The first-order chi connectivity index (χ1) is 10.3. The van der Waals surface area contributed by atoms with Crippen molar-refractivity contribution >= 4 is 27.7 Å². The SMILES string of the molecule is CC(N)(C(=O)NC1CCCC(C(N)=O)C1)c1ccc(Br)cc1. The first kappa shape index (κ1) is 17.0. The van der Waals surface area contributed by atoms with Crippen LogP contribution >= 0.6 is 15.9 Å². The number of benzene rings is 1. The summed E-state index contributed by atoms with van der Waals surface area (Å²) in [6, 6.07) is 7.33. The molecule has 0 heterocycles. The van der Waals surface area contributed by atoms with Crippen molar-refractivity contribution in [2.45, 2.75) is 44.2 Å². The summed E-state index contributed by atoms with van der Waals surface area (Å²) in [7, 11) is 0. The van der Waals surface area contributed by atoms with Crippen LogP contribution in [0.1, 0.15) is 38.2 Å². The molecule has 1 aromatic carbocycles. The maximum absolute atomic E-state index is 12.5. The summed E-state index contributed by atoms with van der Waals surface area (Å²) in [6.45, 7) is 1.69. The van der Waals surface area contributed by atoms with E-state index >= 15 is 0 Å². The Morgan fingerprint density at radius 3 is 2.50 bits per heavy atom. The third-order valence-electron chi connectivity index (χ3n) is 4.33. The van der Waals surface area contributed by atoms with Gasteiger partial charge in [0.2, 0.25) is 11.8 Å². The maximum atomic E-state index is 12.5. The molecule has 2 amide bonds. The molecule has 22 heavy (non-hydrogen) atoms. The smallest absolute Gasteiger partial charge is 0.244 e. The molecule has 1 aliphatic rings. The van der Waals surface area contributed by atoms with Crippen molar-refractivity contribution < 1.29 is 9.59 Å². The number of carbonyl (C=O) groups excluding carboxylic acids is 2. The summed E-state index contributed by atoms with van der Waals surface area (Å²) in [5.74, 6) is -0.678. The van der Waals surface area contributed by atoms with Crippen LogP contribution in [0.5, 0.6) is 0 Å². The van der Waals surface area contributed by atoms with Crippen molar-refractivity contribution in [2.24, 2.45) is 17.4 Å². The zero-order valence-corrected chi connectivity index (χ0v) is 14.2. The summed E-state index contributed by atoms with van der Waals surface area (Å²) >= 11 is 3.36. The second-order valence-electron chi connectivity index (χ2n) is 6.15. The number of hydrogen-bond donors (Lipinski definition) is 3. The molecule has 0 radical (unpaired) electrons. The van der Waals surface area contributed by atoms with E-state index in [2.05, 4.69) is 21.2 Å². The van der Waals surface area contributed by atoms with Crippen molar-refractivity contribution in [1.29, 1.82) is 0 Å². The van der Waals surface area contributed by atoms with E-state index in [1.165, 1.54) is 0 Å². The molecule has 0 saturated heterocycles. The van der Waals surface area contributed by atoms with Crippen LogP contribution in [0.2, 0.25) is 0 Å². The van der Waals surface area contributed by atoms with Gasteiger partial charge in [-0.2, -0.15) is 0 Å². The summed E-state index contributed by atoms with van der Waals surface area (Å²) in [4.78, 5) is 23.8. The highest BCUT2D eigenvalue weighted by Crippen LogP contribution is 2.26. The Labute approximate surface area is 138 Å². The molecule has 0 aliphatic heterocycles. The highest BCUT2D eigenvalue weighted by atomic mass is 79.9. The summed E-state index contributed by atoms with van der Waals surface area (Å²) in [5.41, 5.74) is 11.2. The van der Waals surface area contributed by atoms with Crippen molar-refractivity contribution in [3.05, 3.63) is 34.3 Å². The molecule has 5 nitrogen and oxygen atoms in total. The number of rotatable bonds is 4. The Kier molecular flexibility index (Phi) is 5.24. The van der Waals surface area contributed by atoms with Gasteiger partial charge in [-0.3, -0.25) is 9.59 Å². The largest absolute Gasteiger partial charge is 0.369 e. The zero-order chi connectivity index (χ0) is 16.3. The molecule has 6 heteroatoms. The van der Waals surface area contributed by atoms with Crippen LogP contribution in [-0.4, -0.2) is 17.9 Å². The highest BCUT2D eigenvalue weighted by Gasteiger charge is 2.34. The second-order valence-corrected chi connectivity index (χ2v) is 7.06. The van der Waals surface area contributed by atoms with E-state index in [-0.39, 0.29) is 23.8 Å². The first-order valence-electron chi connectivity index (χ1n) is 7.46. The van der Waals surface area contributed by atoms with Gasteiger partial charge < -0.3 is 16.8 Å². The van der Waals surface area contributed by atoms with Crippen LogP contribution in [-0.2, 0) is 15.1 Å². The number of nitrogens with one attached hydrogen (secondary N) is 1. The zero-order valence-electron chi connectivity index (χ0n) is 12.6. The van der Waals surface area contributed by atoms with E-state index < -0.39 is 5.54 Å². The fraction of sp³-hybridized carbons (Fsp3) is 0.500. The first-order valence-corrected chi connectivity index (χ1v) is 8.25. The molecule has 1 aliphatic carbocycles. The van der Waals surface area contributed by atoms with Gasteiger partial charge >= 0.3 is 0 Å². The molecular formula is C16H22BrN3O2. The fourth-order valence-electron chi connectivity index (χ4n) is 2.84. The minimum atomic E-state index is -1.11. The van der Waals surface area contributed by atoms with Crippen LogP contribution < -0.4 is 16.8 Å². The number of primary amides is 1. The van der Waals surface area contributed by atoms with Crippen molar-refractivity contribution in [2.75, 3.05) is 0 Å². The van der Waals surface area contributed by atoms with E-state index in [1.54, 1.807) is 6.92 Å². The van der Waals surface area contributed by atoms with Crippen LogP contribution in [0.4, 0.5) is 0 Å². The molecule has 1 aromatic rings. The maximum Gasteiger partial charge on any atom is 0.244 e. The molecule has 3 unspecified atom stereocenters. The molecule has 0 aromatic heterocycles. The average molecular weight is 368 g/mol. The third kappa shape index (κ3) is 3.87. The Morgan fingerprint density at radius 1 is 1.27 bits per heavy atom. The number of halogens is 1. The third-order valence-corrected chi connectivity index (χ3v) is 4.86. The number of hydrogen-bond acceptors (Lipinski definition) is 3. The predicted molar refractivity (Wildman–Crippen MR) is 88.8 cm³/mol. The lowest BCUT2D eigenvalue weighted by Crippen LogP contribution is -2.53. The van der Waals surface area contributed by atoms with Crippen molar-refractivity contribution in [3.63, 3.8) is 0 Å². The molecule has 2 rings (SSSR count). The number of nitrogens with two attached hydrogens (primary N) is 2. The van der Waals surface area contributed by atoms with Crippen molar-refractivity contribution in [3.8, 4) is 0 Å². The van der Waals surface area contributed by atoms with Crippen LogP contribution in [0.15, 0.2) is 28.7 Å². The van der Waals surface area contributed by atoms with E-state index in [4.69, 9.17) is 11.5 Å². The molecule has 5 N–H and O–H groups in total. The topological polar surface area (TPSA) is 98.2 Å². The number of carbonyl (C=O) groups is 2. The second kappa shape index (κ2) is 6.79. The van der Waals surface area contributed by atoms with Gasteiger partial charge in [0, 0.05) is 16.4 Å². The molecule has 0 bridgehead atoms. The monoisotopic (exact) mass is 367 g/mol. The Morgan fingerprint density at radius 2 is 1.91 bits per heavy atom. The van der Waals surface area contributed by atoms with Gasteiger partial charge in [-0.1, -0.05) is 34.5 Å². The van der Waals surface area contributed by atoms with E-state index in [0.29, 0.717) is 6.42 Å². The Hall–Kier alpha value is -1.40. The van der Waals surface area contributed by atoms with Gasteiger partial charge in [-0.15, -0.1) is 0 Å². The van der Waals surface area contributed by atoms with Gasteiger partial charge in [0.25, 0.3) is 0 Å². The van der Waals surface area contributed by atoms with Gasteiger partial charge in [0.05, 0.1) is 0 Å². The molecule has 0 spiro atoms. The number of amides is 2. The summed E-state index contributed by atoms with van der Waals surface area (Å²) < 4.78 is 0.934. The van der Waals surface area contributed by atoms with Crippen LogP contribution in [0.25, 0.3) is 0 Å². The molecule has 1 fully saturated rings. The molecule has 1 saturated carbocycles. The van der Waals surface area contributed by atoms with Crippen LogP contribution in [0, 0.1) is 5.92 Å². The lowest BCUT2D eigenvalue weighted by molar-refractivity contribution is -0.128. The van der Waals surface area contributed by atoms with E-state index in [9.17, 15) is 9.59 Å². The highest BCUT2D eigenvalue weighted by molar-refractivity contribution is 9.10. The Bertz CT molecular complexity index is 557. The molecular weight excluding hydrogens is 346 g/mol. The van der Waals surface area contributed by atoms with E-state index in [0.717, 1.165) is 29.3 Å². The molecule has 120 valence electrons. The lowest BCUT2D eigenvalue weighted by Gasteiger charge is -2.32. The quantitative estimate of drug-likeness (QED) is 0.756. The average Bonchev–Trinajstić information content (AvgIpc) is 2.48. The normalized spacial score (nSPS) is 24.3.